The van der Waals surface area contributed by atoms with Gasteiger partial charge in [0.05, 0.1) is 13.2 Å². The Morgan fingerprint density at radius 1 is 0.619 bits per heavy atom. The lowest BCUT2D eigenvalue weighted by molar-refractivity contribution is 0.265. The molecule has 0 unspecified atom stereocenters. The molecule has 10 heteroatoms. The van der Waals surface area contributed by atoms with Crippen molar-refractivity contribution >= 4 is 45.1 Å². The van der Waals surface area contributed by atoms with Gasteiger partial charge in [-0.05, 0) is 80.2 Å². The largest absolute Gasteiger partial charge is 0.488 e. The third-order valence-electron chi connectivity index (χ3n) is 8.76. The maximum Gasteiger partial charge on any atom is 0.488 e. The van der Waals surface area contributed by atoms with Gasteiger partial charge in [-0.1, -0.05) is 105 Å². The lowest BCUT2D eigenvalue weighted by Crippen LogP contribution is -2.48. The fourth-order valence-electron chi connectivity index (χ4n) is 7.01. The van der Waals surface area contributed by atoms with Gasteiger partial charge in [-0.25, -0.2) is 8.78 Å². The van der Waals surface area contributed by atoms with Crippen LogP contribution in [0, 0.1) is 11.6 Å². The quantitative estimate of drug-likeness (QED) is 0.206. The van der Waals surface area contributed by atoms with Gasteiger partial charge in [0.15, 0.2) is 0 Å². The van der Waals surface area contributed by atoms with Crippen LogP contribution in [0.15, 0.2) is 40.9 Å². The first-order valence-electron chi connectivity index (χ1n) is 15.2. The van der Waals surface area contributed by atoms with Crippen molar-refractivity contribution in [1.82, 2.24) is 0 Å². The van der Waals surface area contributed by atoms with Crippen LogP contribution < -0.4 is 5.46 Å². The molecular formula is C32H54BBrF2O4Si2. The van der Waals surface area contributed by atoms with Gasteiger partial charge in [0.2, 0.25) is 16.6 Å². The minimum absolute atomic E-state index is 0.210. The predicted octanol–water partition coefficient (Wildman–Crippen LogP) is 9.48. The summed E-state index contributed by atoms with van der Waals surface area (Å²) in [5.74, 6) is -0.605. The summed E-state index contributed by atoms with van der Waals surface area (Å²) in [5, 5.41) is 18.9. The molecule has 0 aliphatic rings. The second kappa shape index (κ2) is 17.0. The molecule has 0 heterocycles. The summed E-state index contributed by atoms with van der Waals surface area (Å²) < 4.78 is 40.7. The van der Waals surface area contributed by atoms with E-state index >= 15 is 0 Å². The molecule has 0 fully saturated rings. The van der Waals surface area contributed by atoms with E-state index < -0.39 is 29.6 Å². The molecule has 0 aromatic heterocycles. The average molecular weight is 688 g/mol. The Morgan fingerprint density at radius 3 is 1.31 bits per heavy atom. The third-order valence-corrected chi connectivity index (χ3v) is 21.7. The predicted molar refractivity (Wildman–Crippen MR) is 182 cm³/mol. The molecule has 4 nitrogen and oxygen atoms in total. The maximum atomic E-state index is 13.5. The van der Waals surface area contributed by atoms with Crippen molar-refractivity contribution in [3.63, 3.8) is 0 Å². The van der Waals surface area contributed by atoms with Crippen molar-refractivity contribution in [1.29, 1.82) is 0 Å². The second-order valence-electron chi connectivity index (χ2n) is 13.2. The van der Waals surface area contributed by atoms with Crippen LogP contribution >= 0.6 is 15.9 Å². The first-order chi connectivity index (χ1) is 19.3. The lowest BCUT2D eigenvalue weighted by Gasteiger charge is -2.42. The molecule has 2 rings (SSSR count). The molecule has 2 aromatic rings. The first kappa shape index (κ1) is 39.1. The Balaban J connectivity index is 0.000000422. The number of halogens is 3. The molecule has 238 valence electrons. The maximum absolute atomic E-state index is 13.5. The zero-order valence-electron chi connectivity index (χ0n) is 27.8. The van der Waals surface area contributed by atoms with Crippen LogP contribution in [-0.2, 0) is 22.1 Å². The van der Waals surface area contributed by atoms with Gasteiger partial charge in [0.1, 0.15) is 11.6 Å². The van der Waals surface area contributed by atoms with E-state index in [1.807, 2.05) is 0 Å². The van der Waals surface area contributed by atoms with E-state index in [2.05, 4.69) is 99.0 Å². The molecule has 0 atom stereocenters. The Labute approximate surface area is 265 Å². The Bertz CT molecular complexity index is 1070. The van der Waals surface area contributed by atoms with Gasteiger partial charge < -0.3 is 18.9 Å². The van der Waals surface area contributed by atoms with Gasteiger partial charge in [-0.2, -0.15) is 0 Å². The summed E-state index contributed by atoms with van der Waals surface area (Å²) in [4.78, 5) is 0. The van der Waals surface area contributed by atoms with Crippen molar-refractivity contribution < 1.29 is 27.7 Å². The molecule has 0 saturated heterocycles. The van der Waals surface area contributed by atoms with Gasteiger partial charge in [0.25, 0.3) is 0 Å². The fraction of sp³-hybridized carbons (Fsp3) is 0.625. The Morgan fingerprint density at radius 2 is 0.952 bits per heavy atom. The van der Waals surface area contributed by atoms with E-state index in [4.69, 9.17) is 8.85 Å². The Kier molecular flexibility index (Phi) is 15.8. The molecule has 0 spiro atoms. The number of benzene rings is 2. The van der Waals surface area contributed by atoms with E-state index in [9.17, 15) is 18.8 Å². The molecule has 0 amide bonds. The number of rotatable bonds is 13. The molecule has 0 aliphatic heterocycles. The highest BCUT2D eigenvalue weighted by Gasteiger charge is 2.46. The van der Waals surface area contributed by atoms with Crippen LogP contribution in [0.25, 0.3) is 0 Å². The minimum Gasteiger partial charge on any atom is -0.423 e. The standard InChI is InChI=1S/C16H28BFO3Si.C16H26BrFOSi/c1-11(2)22(12(3)4,13(5)6)21-10-14-9-15(18)7-8-16(14)17(19)20;1-11(2)20(12(3)4,13(5)6)19-10-14-9-15(18)7-8-16(14)17/h7-9,11-13,19-20H,10H2,1-6H3;7-9,11-13H,10H2,1-6H3. The van der Waals surface area contributed by atoms with Crippen molar-refractivity contribution in [2.45, 2.75) is 130 Å². The SMILES string of the molecule is CC(C)[Si](OCc1cc(F)ccc1B(O)O)(C(C)C)C(C)C.CC(C)[Si](OCc1cc(F)ccc1Br)(C(C)C)C(C)C. The zero-order chi connectivity index (χ0) is 32.6. The minimum atomic E-state index is -2.07. The summed E-state index contributed by atoms with van der Waals surface area (Å²) in [7, 11) is -5.58. The highest BCUT2D eigenvalue weighted by atomic mass is 79.9. The number of hydrogen-bond acceptors (Lipinski definition) is 4. The summed E-state index contributed by atoms with van der Waals surface area (Å²) in [6.07, 6.45) is 0. The topological polar surface area (TPSA) is 58.9 Å². The normalized spacial score (nSPS) is 12.6. The lowest BCUT2D eigenvalue weighted by atomic mass is 9.77. The van der Waals surface area contributed by atoms with Crippen LogP contribution in [0.3, 0.4) is 0 Å². The summed E-state index contributed by atoms with van der Waals surface area (Å²) in [6.45, 7) is 27.3. The average Bonchev–Trinajstić information content (AvgIpc) is 2.85. The van der Waals surface area contributed by atoms with Crippen LogP contribution in [0.2, 0.25) is 33.2 Å². The highest BCUT2D eigenvalue weighted by Crippen LogP contribution is 2.44. The van der Waals surface area contributed by atoms with Crippen LogP contribution in [-0.4, -0.2) is 33.8 Å². The van der Waals surface area contributed by atoms with Crippen LogP contribution in [0.5, 0.6) is 0 Å². The molecule has 2 aromatic carbocycles. The summed E-state index contributed by atoms with van der Waals surface area (Å²) in [5.41, 5.74) is 4.58. The second-order valence-corrected chi connectivity index (χ2v) is 24.9. The molecule has 0 bridgehead atoms. The number of hydrogen-bond donors (Lipinski definition) is 2. The highest BCUT2D eigenvalue weighted by molar-refractivity contribution is 9.10. The third kappa shape index (κ3) is 9.56. The van der Waals surface area contributed by atoms with E-state index in [0.717, 1.165) is 10.0 Å². The van der Waals surface area contributed by atoms with E-state index in [-0.39, 0.29) is 12.4 Å². The molecule has 2 N–H and O–H groups in total. The van der Waals surface area contributed by atoms with Crippen LogP contribution in [0.4, 0.5) is 8.78 Å². The van der Waals surface area contributed by atoms with Gasteiger partial charge in [-0.15, -0.1) is 0 Å². The molecule has 0 saturated carbocycles. The van der Waals surface area contributed by atoms with Gasteiger partial charge in [-0.3, -0.25) is 0 Å². The van der Waals surface area contributed by atoms with Crippen molar-refractivity contribution in [3.05, 3.63) is 63.6 Å². The van der Waals surface area contributed by atoms with E-state index in [1.54, 1.807) is 12.1 Å². The summed E-state index contributed by atoms with van der Waals surface area (Å²) in [6, 6.07) is 8.74. The smallest absolute Gasteiger partial charge is 0.423 e. The summed E-state index contributed by atoms with van der Waals surface area (Å²) >= 11 is 3.48. The van der Waals surface area contributed by atoms with Crippen molar-refractivity contribution in [3.8, 4) is 0 Å². The zero-order valence-corrected chi connectivity index (χ0v) is 31.4. The molecule has 0 radical (unpaired) electrons. The van der Waals surface area contributed by atoms with E-state index in [1.165, 1.54) is 24.3 Å². The fourth-order valence-corrected chi connectivity index (χ4v) is 18.2. The van der Waals surface area contributed by atoms with Gasteiger partial charge >= 0.3 is 7.12 Å². The Hall–Kier alpha value is -0.881. The van der Waals surface area contributed by atoms with Gasteiger partial charge in [0, 0.05) is 4.47 Å². The molecule has 42 heavy (non-hydrogen) atoms. The molecular weight excluding hydrogens is 633 g/mol. The molecule has 0 aliphatic carbocycles. The first-order valence-corrected chi connectivity index (χ1v) is 20.3. The van der Waals surface area contributed by atoms with Crippen molar-refractivity contribution in [2.24, 2.45) is 0 Å². The van der Waals surface area contributed by atoms with Crippen molar-refractivity contribution in [2.75, 3.05) is 0 Å². The monoisotopic (exact) mass is 686 g/mol. The van der Waals surface area contributed by atoms with E-state index in [0.29, 0.717) is 50.9 Å². The van der Waals surface area contributed by atoms with Crippen LogP contribution in [0.1, 0.15) is 94.2 Å².